The third-order valence-corrected chi connectivity index (χ3v) is 3.02. The Bertz CT molecular complexity index is 387. The van der Waals surface area contributed by atoms with E-state index in [-0.39, 0.29) is 17.8 Å². The van der Waals surface area contributed by atoms with E-state index < -0.39 is 0 Å². The van der Waals surface area contributed by atoms with Gasteiger partial charge in [-0.15, -0.1) is 0 Å². The predicted molar refractivity (Wildman–Crippen MR) is 64.4 cm³/mol. The Morgan fingerprint density at radius 2 is 2.06 bits per heavy atom. The van der Waals surface area contributed by atoms with Crippen molar-refractivity contribution < 1.29 is 9.18 Å². The van der Waals surface area contributed by atoms with Gasteiger partial charge in [-0.3, -0.25) is 4.79 Å². The summed E-state index contributed by atoms with van der Waals surface area (Å²) in [5.41, 5.74) is 0.562. The van der Waals surface area contributed by atoms with Crippen LogP contribution in [0.25, 0.3) is 0 Å². The average molecular weight is 236 g/mol. The number of amides is 1. The van der Waals surface area contributed by atoms with Crippen molar-refractivity contribution in [2.75, 3.05) is 19.6 Å². The molecule has 1 aromatic rings. The predicted octanol–water partition coefficient (Wildman–Crippen LogP) is 1.65. The van der Waals surface area contributed by atoms with Crippen molar-refractivity contribution in [2.45, 2.75) is 19.4 Å². The highest BCUT2D eigenvalue weighted by Crippen LogP contribution is 2.12. The molecule has 1 aliphatic rings. The summed E-state index contributed by atoms with van der Waals surface area (Å²) in [5, 5.41) is 3.16. The maximum absolute atomic E-state index is 12.8. The van der Waals surface area contributed by atoms with Crippen LogP contribution in [0, 0.1) is 5.82 Å². The Morgan fingerprint density at radius 1 is 1.41 bits per heavy atom. The van der Waals surface area contributed by atoms with Gasteiger partial charge in [0.15, 0.2) is 0 Å². The fraction of sp³-hybridized carbons (Fsp3) is 0.462. The van der Waals surface area contributed by atoms with Gasteiger partial charge in [0, 0.05) is 25.2 Å². The quantitative estimate of drug-likeness (QED) is 0.862. The van der Waals surface area contributed by atoms with Gasteiger partial charge in [-0.1, -0.05) is 6.92 Å². The third kappa shape index (κ3) is 2.64. The molecular formula is C13H17FN2O. The van der Waals surface area contributed by atoms with E-state index in [1.807, 2.05) is 4.90 Å². The van der Waals surface area contributed by atoms with E-state index >= 15 is 0 Å². The second kappa shape index (κ2) is 5.27. The second-order valence-corrected chi connectivity index (χ2v) is 4.32. The van der Waals surface area contributed by atoms with E-state index in [2.05, 4.69) is 12.2 Å². The van der Waals surface area contributed by atoms with Crippen molar-refractivity contribution in [3.8, 4) is 0 Å². The SMILES string of the molecule is CCCN(C(=O)c1ccc(F)cc1)C1CNC1. The summed E-state index contributed by atoms with van der Waals surface area (Å²) < 4.78 is 12.8. The molecule has 1 aliphatic heterocycles. The van der Waals surface area contributed by atoms with Crippen LogP contribution in [-0.2, 0) is 0 Å². The van der Waals surface area contributed by atoms with Crippen LogP contribution in [-0.4, -0.2) is 36.5 Å². The van der Waals surface area contributed by atoms with Crippen LogP contribution >= 0.6 is 0 Å². The largest absolute Gasteiger partial charge is 0.333 e. The molecule has 4 heteroatoms. The minimum absolute atomic E-state index is 0.00153. The number of rotatable bonds is 4. The lowest BCUT2D eigenvalue weighted by atomic mass is 10.1. The van der Waals surface area contributed by atoms with Gasteiger partial charge >= 0.3 is 0 Å². The lowest BCUT2D eigenvalue weighted by molar-refractivity contribution is 0.0616. The first kappa shape index (κ1) is 12.0. The van der Waals surface area contributed by atoms with E-state index in [9.17, 15) is 9.18 Å². The zero-order chi connectivity index (χ0) is 12.3. The van der Waals surface area contributed by atoms with Gasteiger partial charge in [0.1, 0.15) is 5.82 Å². The molecule has 1 fully saturated rings. The zero-order valence-electron chi connectivity index (χ0n) is 9.95. The van der Waals surface area contributed by atoms with Gasteiger partial charge < -0.3 is 10.2 Å². The maximum atomic E-state index is 12.8. The first-order chi connectivity index (χ1) is 8.22. The van der Waals surface area contributed by atoms with Crippen molar-refractivity contribution in [2.24, 2.45) is 0 Å². The number of carbonyl (C=O) groups excluding carboxylic acids is 1. The summed E-state index contributed by atoms with van der Waals surface area (Å²) in [6, 6.07) is 6.04. The summed E-state index contributed by atoms with van der Waals surface area (Å²) in [6.07, 6.45) is 0.934. The fourth-order valence-electron chi connectivity index (χ4n) is 1.94. The van der Waals surface area contributed by atoms with E-state index in [1.54, 1.807) is 12.1 Å². The molecule has 2 rings (SSSR count). The Hall–Kier alpha value is -1.42. The van der Waals surface area contributed by atoms with Crippen molar-refractivity contribution >= 4 is 5.91 Å². The third-order valence-electron chi connectivity index (χ3n) is 3.02. The molecule has 0 saturated carbocycles. The number of hydrogen-bond donors (Lipinski definition) is 1. The van der Waals surface area contributed by atoms with E-state index in [1.165, 1.54) is 12.1 Å². The van der Waals surface area contributed by atoms with Gasteiger partial charge in [0.05, 0.1) is 6.04 Å². The number of carbonyl (C=O) groups is 1. The molecule has 17 heavy (non-hydrogen) atoms. The number of nitrogens with one attached hydrogen (secondary N) is 1. The average Bonchev–Trinajstić information content (AvgIpc) is 2.26. The minimum Gasteiger partial charge on any atom is -0.333 e. The molecule has 1 N–H and O–H groups in total. The van der Waals surface area contributed by atoms with E-state index in [0.717, 1.165) is 26.1 Å². The molecule has 0 radical (unpaired) electrons. The molecule has 92 valence electrons. The zero-order valence-corrected chi connectivity index (χ0v) is 9.95. The number of halogens is 1. The Morgan fingerprint density at radius 3 is 2.53 bits per heavy atom. The summed E-state index contributed by atoms with van der Waals surface area (Å²) in [7, 11) is 0. The van der Waals surface area contributed by atoms with Crippen LogP contribution < -0.4 is 5.32 Å². The van der Waals surface area contributed by atoms with Crippen LogP contribution in [0.2, 0.25) is 0 Å². The molecule has 0 unspecified atom stereocenters. The maximum Gasteiger partial charge on any atom is 0.254 e. The van der Waals surface area contributed by atoms with E-state index in [0.29, 0.717) is 5.56 Å². The molecule has 0 atom stereocenters. The number of benzene rings is 1. The minimum atomic E-state index is -0.311. The second-order valence-electron chi connectivity index (χ2n) is 4.32. The topological polar surface area (TPSA) is 32.3 Å². The Labute approximate surface area is 101 Å². The van der Waals surface area contributed by atoms with Gasteiger partial charge in [-0.25, -0.2) is 4.39 Å². The molecule has 0 spiro atoms. The van der Waals surface area contributed by atoms with Crippen LogP contribution in [0.5, 0.6) is 0 Å². The van der Waals surface area contributed by atoms with Crippen LogP contribution in [0.4, 0.5) is 4.39 Å². The molecule has 0 aliphatic carbocycles. The molecule has 1 heterocycles. The van der Waals surface area contributed by atoms with Gasteiger partial charge in [0.2, 0.25) is 0 Å². The molecule has 0 aromatic heterocycles. The highest BCUT2D eigenvalue weighted by molar-refractivity contribution is 5.94. The van der Waals surface area contributed by atoms with Crippen molar-refractivity contribution in [3.63, 3.8) is 0 Å². The molecule has 0 bridgehead atoms. The number of nitrogens with zero attached hydrogens (tertiary/aromatic N) is 1. The van der Waals surface area contributed by atoms with Crippen molar-refractivity contribution in [1.82, 2.24) is 10.2 Å². The highest BCUT2D eigenvalue weighted by Gasteiger charge is 2.28. The van der Waals surface area contributed by atoms with Crippen LogP contribution in [0.15, 0.2) is 24.3 Å². The smallest absolute Gasteiger partial charge is 0.254 e. The van der Waals surface area contributed by atoms with Gasteiger partial charge in [-0.2, -0.15) is 0 Å². The number of hydrogen-bond acceptors (Lipinski definition) is 2. The summed E-state index contributed by atoms with van der Waals surface area (Å²) in [5.74, 6) is -0.313. The highest BCUT2D eigenvalue weighted by atomic mass is 19.1. The van der Waals surface area contributed by atoms with E-state index in [4.69, 9.17) is 0 Å². The van der Waals surface area contributed by atoms with Crippen molar-refractivity contribution in [3.05, 3.63) is 35.6 Å². The summed E-state index contributed by atoms with van der Waals surface area (Å²) in [6.45, 7) is 4.51. The van der Waals surface area contributed by atoms with Gasteiger partial charge in [-0.05, 0) is 30.7 Å². The lowest BCUT2D eigenvalue weighted by Gasteiger charge is -2.38. The summed E-state index contributed by atoms with van der Waals surface area (Å²) in [4.78, 5) is 14.1. The molecule has 1 aromatic carbocycles. The van der Waals surface area contributed by atoms with Crippen LogP contribution in [0.1, 0.15) is 23.7 Å². The van der Waals surface area contributed by atoms with Crippen molar-refractivity contribution in [1.29, 1.82) is 0 Å². The molecule has 3 nitrogen and oxygen atoms in total. The van der Waals surface area contributed by atoms with Gasteiger partial charge in [0.25, 0.3) is 5.91 Å². The molecular weight excluding hydrogens is 219 g/mol. The Balaban J connectivity index is 2.12. The van der Waals surface area contributed by atoms with Crippen LogP contribution in [0.3, 0.4) is 0 Å². The monoisotopic (exact) mass is 236 g/mol. The first-order valence-electron chi connectivity index (χ1n) is 5.99. The molecule has 1 saturated heterocycles. The molecule has 1 amide bonds. The standard InChI is InChI=1S/C13H17FN2O/c1-2-7-16(12-8-15-9-12)13(17)10-3-5-11(14)6-4-10/h3-6,12,15H,2,7-9H2,1H3. The lowest BCUT2D eigenvalue weighted by Crippen LogP contribution is -2.59. The normalized spacial score (nSPS) is 15.4. The fourth-order valence-corrected chi connectivity index (χ4v) is 1.94. The first-order valence-corrected chi connectivity index (χ1v) is 5.99. The Kier molecular flexibility index (Phi) is 3.74. The summed E-state index contributed by atoms with van der Waals surface area (Å²) >= 11 is 0.